The fourth-order valence-electron chi connectivity index (χ4n) is 2.91. The fraction of sp³-hybridized carbons (Fsp3) is 0.208. The lowest BCUT2D eigenvalue weighted by molar-refractivity contribution is 0.102. The maximum absolute atomic E-state index is 12.7. The van der Waals surface area contributed by atoms with Crippen LogP contribution in [-0.4, -0.2) is 13.0 Å². The van der Waals surface area contributed by atoms with E-state index in [4.69, 9.17) is 21.1 Å². The van der Waals surface area contributed by atoms with Crippen LogP contribution in [0.2, 0.25) is 5.02 Å². The highest BCUT2D eigenvalue weighted by Gasteiger charge is 2.12. The molecule has 0 radical (unpaired) electrons. The van der Waals surface area contributed by atoms with E-state index in [2.05, 4.69) is 19.2 Å². The van der Waals surface area contributed by atoms with E-state index >= 15 is 0 Å². The summed E-state index contributed by atoms with van der Waals surface area (Å²) < 4.78 is 11.2. The normalized spacial score (nSPS) is 10.7. The predicted molar refractivity (Wildman–Crippen MR) is 117 cm³/mol. The molecule has 150 valence electrons. The summed E-state index contributed by atoms with van der Waals surface area (Å²) in [5, 5.41) is 3.54. The molecule has 0 spiro atoms. The van der Waals surface area contributed by atoms with Gasteiger partial charge in [0.05, 0.1) is 7.11 Å². The molecule has 0 aliphatic rings. The van der Waals surface area contributed by atoms with E-state index < -0.39 is 0 Å². The van der Waals surface area contributed by atoms with Crippen LogP contribution >= 0.6 is 11.6 Å². The summed E-state index contributed by atoms with van der Waals surface area (Å²) in [5.41, 5.74) is 3.29. The molecule has 3 aromatic rings. The molecule has 0 aliphatic carbocycles. The van der Waals surface area contributed by atoms with Gasteiger partial charge in [0.25, 0.3) is 5.91 Å². The van der Waals surface area contributed by atoms with Crippen LogP contribution in [0.4, 0.5) is 5.69 Å². The first-order chi connectivity index (χ1) is 14.0. The van der Waals surface area contributed by atoms with Crippen molar-refractivity contribution in [2.75, 3.05) is 12.4 Å². The van der Waals surface area contributed by atoms with Crippen LogP contribution in [0.5, 0.6) is 11.5 Å². The number of ether oxygens (including phenoxy) is 2. The van der Waals surface area contributed by atoms with Gasteiger partial charge in [-0.3, -0.25) is 4.79 Å². The average Bonchev–Trinajstić information content (AvgIpc) is 2.72. The topological polar surface area (TPSA) is 47.6 Å². The maximum atomic E-state index is 12.7. The molecular formula is C24H24ClNO3. The van der Waals surface area contributed by atoms with E-state index in [0.29, 0.717) is 28.0 Å². The van der Waals surface area contributed by atoms with Gasteiger partial charge in [-0.1, -0.05) is 43.6 Å². The van der Waals surface area contributed by atoms with Crippen LogP contribution in [-0.2, 0) is 6.61 Å². The van der Waals surface area contributed by atoms with E-state index in [1.807, 2.05) is 36.4 Å². The Morgan fingerprint density at radius 3 is 2.45 bits per heavy atom. The Morgan fingerprint density at radius 1 is 1.03 bits per heavy atom. The number of hydrogen-bond donors (Lipinski definition) is 1. The molecule has 29 heavy (non-hydrogen) atoms. The Bertz CT molecular complexity index is 984. The van der Waals surface area contributed by atoms with Crippen molar-refractivity contribution >= 4 is 23.2 Å². The second kappa shape index (κ2) is 9.48. The first-order valence-electron chi connectivity index (χ1n) is 9.43. The molecule has 4 nitrogen and oxygen atoms in total. The average molecular weight is 410 g/mol. The zero-order chi connectivity index (χ0) is 20.8. The van der Waals surface area contributed by atoms with Gasteiger partial charge in [0, 0.05) is 21.8 Å². The predicted octanol–water partition coefficient (Wildman–Crippen LogP) is 6.30. The van der Waals surface area contributed by atoms with Gasteiger partial charge in [-0.15, -0.1) is 0 Å². The lowest BCUT2D eigenvalue weighted by Gasteiger charge is -2.13. The summed E-state index contributed by atoms with van der Waals surface area (Å²) in [6.45, 7) is 4.53. The number of benzene rings is 3. The van der Waals surface area contributed by atoms with Gasteiger partial charge < -0.3 is 14.8 Å². The van der Waals surface area contributed by atoms with Gasteiger partial charge in [-0.05, 0) is 60.0 Å². The Kier molecular flexibility index (Phi) is 6.78. The van der Waals surface area contributed by atoms with Crippen molar-refractivity contribution < 1.29 is 14.3 Å². The number of rotatable bonds is 7. The summed E-state index contributed by atoms with van der Waals surface area (Å²) in [6, 6.07) is 20.4. The molecule has 0 saturated heterocycles. The van der Waals surface area contributed by atoms with Crippen LogP contribution in [0.15, 0.2) is 66.7 Å². The van der Waals surface area contributed by atoms with Crippen molar-refractivity contribution in [3.8, 4) is 11.5 Å². The smallest absolute Gasteiger partial charge is 0.255 e. The Hall–Kier alpha value is -2.98. The molecule has 1 amide bonds. The monoisotopic (exact) mass is 409 g/mol. The van der Waals surface area contributed by atoms with Gasteiger partial charge in [0.2, 0.25) is 0 Å². The van der Waals surface area contributed by atoms with Gasteiger partial charge >= 0.3 is 0 Å². The Morgan fingerprint density at radius 2 is 1.79 bits per heavy atom. The first-order valence-corrected chi connectivity index (χ1v) is 9.80. The maximum Gasteiger partial charge on any atom is 0.255 e. The Labute approximate surface area is 176 Å². The minimum Gasteiger partial charge on any atom is -0.496 e. The van der Waals surface area contributed by atoms with Crippen LogP contribution in [0.1, 0.15) is 41.3 Å². The van der Waals surface area contributed by atoms with E-state index in [9.17, 15) is 4.79 Å². The fourth-order valence-corrected chi connectivity index (χ4v) is 3.09. The van der Waals surface area contributed by atoms with Crippen LogP contribution in [0.3, 0.4) is 0 Å². The lowest BCUT2D eigenvalue weighted by Crippen LogP contribution is -2.13. The van der Waals surface area contributed by atoms with E-state index in [0.717, 1.165) is 11.3 Å². The second-order valence-corrected chi connectivity index (χ2v) is 7.44. The van der Waals surface area contributed by atoms with Crippen LogP contribution in [0, 0.1) is 0 Å². The number of methoxy groups -OCH3 is 1. The Balaban J connectivity index is 1.73. The summed E-state index contributed by atoms with van der Waals surface area (Å²) in [7, 11) is 1.59. The summed E-state index contributed by atoms with van der Waals surface area (Å²) in [5.74, 6) is 1.57. The molecule has 0 fully saturated rings. The third kappa shape index (κ3) is 5.52. The number of hydrogen-bond acceptors (Lipinski definition) is 3. The largest absolute Gasteiger partial charge is 0.496 e. The minimum absolute atomic E-state index is 0.186. The summed E-state index contributed by atoms with van der Waals surface area (Å²) in [6.07, 6.45) is 0. The highest BCUT2D eigenvalue weighted by molar-refractivity contribution is 6.30. The summed E-state index contributed by atoms with van der Waals surface area (Å²) >= 11 is 6.00. The molecule has 3 rings (SSSR count). The third-order valence-electron chi connectivity index (χ3n) is 4.57. The van der Waals surface area contributed by atoms with Crippen molar-refractivity contribution in [2.45, 2.75) is 26.4 Å². The number of halogens is 1. The number of anilines is 1. The quantitative estimate of drug-likeness (QED) is 0.497. The van der Waals surface area contributed by atoms with E-state index in [1.165, 1.54) is 5.56 Å². The van der Waals surface area contributed by atoms with E-state index in [1.54, 1.807) is 37.4 Å². The van der Waals surface area contributed by atoms with Gasteiger partial charge in [-0.25, -0.2) is 0 Å². The summed E-state index contributed by atoms with van der Waals surface area (Å²) in [4.78, 5) is 12.7. The standard InChI is InChI=1S/C24H24ClNO3/c1-16(2)17-7-10-21(11-8-17)26-24(27)18-9-12-23(28-3)19(13-18)15-29-22-6-4-5-20(25)14-22/h4-14,16H,15H2,1-3H3,(H,26,27). The van der Waals surface area contributed by atoms with Crippen molar-refractivity contribution in [1.29, 1.82) is 0 Å². The molecule has 0 bridgehead atoms. The lowest BCUT2D eigenvalue weighted by atomic mass is 10.0. The van der Waals surface area contributed by atoms with Crippen molar-refractivity contribution in [3.05, 3.63) is 88.4 Å². The zero-order valence-corrected chi connectivity index (χ0v) is 17.5. The number of carbonyl (C=O) groups is 1. The van der Waals surface area contributed by atoms with Crippen molar-refractivity contribution in [2.24, 2.45) is 0 Å². The number of nitrogens with one attached hydrogen (secondary N) is 1. The number of carbonyl (C=O) groups excluding carboxylic acids is 1. The molecule has 0 aliphatic heterocycles. The molecule has 3 aromatic carbocycles. The highest BCUT2D eigenvalue weighted by atomic mass is 35.5. The molecular weight excluding hydrogens is 386 g/mol. The molecule has 0 atom stereocenters. The molecule has 0 saturated carbocycles. The van der Waals surface area contributed by atoms with Crippen LogP contribution < -0.4 is 14.8 Å². The minimum atomic E-state index is -0.186. The number of amides is 1. The first kappa shape index (κ1) is 20.7. The molecule has 0 aromatic heterocycles. The van der Waals surface area contributed by atoms with Gasteiger partial charge in [0.1, 0.15) is 18.1 Å². The molecule has 1 N–H and O–H groups in total. The highest BCUT2D eigenvalue weighted by Crippen LogP contribution is 2.24. The van der Waals surface area contributed by atoms with Crippen LogP contribution in [0.25, 0.3) is 0 Å². The SMILES string of the molecule is COc1ccc(C(=O)Nc2ccc(C(C)C)cc2)cc1COc1cccc(Cl)c1. The van der Waals surface area contributed by atoms with Crippen molar-refractivity contribution in [3.63, 3.8) is 0 Å². The van der Waals surface area contributed by atoms with Gasteiger partial charge in [-0.2, -0.15) is 0 Å². The second-order valence-electron chi connectivity index (χ2n) is 7.00. The van der Waals surface area contributed by atoms with Crippen molar-refractivity contribution in [1.82, 2.24) is 0 Å². The van der Waals surface area contributed by atoms with E-state index in [-0.39, 0.29) is 12.5 Å². The zero-order valence-electron chi connectivity index (χ0n) is 16.7. The van der Waals surface area contributed by atoms with Gasteiger partial charge in [0.15, 0.2) is 0 Å². The molecule has 5 heteroatoms. The molecule has 0 unspecified atom stereocenters. The third-order valence-corrected chi connectivity index (χ3v) is 4.80. The molecule has 0 heterocycles.